The smallest absolute Gasteiger partial charge is 0.165 e. The Morgan fingerprint density at radius 1 is 1.17 bits per heavy atom. The number of halogens is 1. The molecule has 0 radical (unpaired) electrons. The molecule has 1 aromatic carbocycles. The van der Waals surface area contributed by atoms with Crippen LogP contribution in [0.1, 0.15) is 62.8 Å². The van der Waals surface area contributed by atoms with Gasteiger partial charge >= 0.3 is 0 Å². The van der Waals surface area contributed by atoms with Crippen molar-refractivity contribution in [3.05, 3.63) is 29.6 Å². The zero-order chi connectivity index (χ0) is 16.2. The van der Waals surface area contributed by atoms with E-state index in [2.05, 4.69) is 0 Å². The topological polar surface area (TPSA) is 26.3 Å². The highest BCUT2D eigenvalue weighted by Crippen LogP contribution is 2.48. The first kappa shape index (κ1) is 16.5. The Morgan fingerprint density at radius 2 is 1.96 bits per heavy atom. The highest BCUT2D eigenvalue weighted by molar-refractivity contribution is 5.49. The summed E-state index contributed by atoms with van der Waals surface area (Å²) in [5.74, 6) is 2.92. The minimum Gasteiger partial charge on any atom is -0.494 e. The molecule has 2 saturated carbocycles. The second-order valence-corrected chi connectivity index (χ2v) is 7.35. The molecule has 0 N–H and O–H groups in total. The van der Waals surface area contributed by atoms with Gasteiger partial charge in [0.15, 0.2) is 11.6 Å². The van der Waals surface area contributed by atoms with Crippen molar-refractivity contribution in [2.24, 2.45) is 17.8 Å². The van der Waals surface area contributed by atoms with Crippen molar-refractivity contribution in [2.45, 2.75) is 57.3 Å². The number of hydrogen-bond acceptors (Lipinski definition) is 2. The number of hydrogen-bond donors (Lipinski definition) is 0. The number of fused-ring (bicyclic) bond motifs is 1. The van der Waals surface area contributed by atoms with E-state index in [1.807, 2.05) is 6.07 Å². The van der Waals surface area contributed by atoms with Crippen LogP contribution in [-0.2, 0) is 4.79 Å². The average Bonchev–Trinajstić information content (AvgIpc) is 2.59. The van der Waals surface area contributed by atoms with Gasteiger partial charge in [-0.25, -0.2) is 4.39 Å². The summed E-state index contributed by atoms with van der Waals surface area (Å²) in [6.45, 7) is 0. The molecule has 2 nitrogen and oxygen atoms in total. The van der Waals surface area contributed by atoms with Gasteiger partial charge in [-0.15, -0.1) is 0 Å². The van der Waals surface area contributed by atoms with Crippen LogP contribution < -0.4 is 4.74 Å². The molecule has 1 unspecified atom stereocenters. The van der Waals surface area contributed by atoms with Gasteiger partial charge in [-0.2, -0.15) is 0 Å². The number of methoxy groups -OCH3 is 1. The second-order valence-electron chi connectivity index (χ2n) is 7.35. The van der Waals surface area contributed by atoms with E-state index in [1.54, 1.807) is 12.1 Å². The first-order valence-corrected chi connectivity index (χ1v) is 8.98. The number of benzene rings is 1. The summed E-state index contributed by atoms with van der Waals surface area (Å²) in [5, 5.41) is 0. The van der Waals surface area contributed by atoms with E-state index in [-0.39, 0.29) is 5.82 Å². The molecule has 0 aromatic heterocycles. The maximum atomic E-state index is 14.0. The standard InChI is InChI=1S/C20H27FO2/c1-23-20-9-8-18(13-19(20)21)17-7-6-15-11-14(3-2-10-22)4-5-16(15)12-17/h8-10,13-17H,2-7,11-12H2,1H3/t14-,15-,16-,17?/m1/s1. The minimum absolute atomic E-state index is 0.246. The lowest BCUT2D eigenvalue weighted by Gasteiger charge is -2.42. The normalized spacial score (nSPS) is 30.5. The molecule has 3 rings (SSSR count). The lowest BCUT2D eigenvalue weighted by atomic mass is 9.63. The zero-order valence-corrected chi connectivity index (χ0v) is 14.0. The lowest BCUT2D eigenvalue weighted by Crippen LogP contribution is -2.30. The summed E-state index contributed by atoms with van der Waals surface area (Å²) in [4.78, 5) is 10.6. The van der Waals surface area contributed by atoms with Crippen LogP contribution >= 0.6 is 0 Å². The van der Waals surface area contributed by atoms with Crippen LogP contribution in [0, 0.1) is 23.6 Å². The fraction of sp³-hybridized carbons (Fsp3) is 0.650. The molecule has 2 fully saturated rings. The quantitative estimate of drug-likeness (QED) is 0.705. The van der Waals surface area contributed by atoms with E-state index < -0.39 is 0 Å². The van der Waals surface area contributed by atoms with Crippen molar-refractivity contribution < 1.29 is 13.9 Å². The molecule has 126 valence electrons. The highest BCUT2D eigenvalue weighted by atomic mass is 19.1. The number of carbonyl (C=O) groups excluding carboxylic acids is 1. The van der Waals surface area contributed by atoms with E-state index in [4.69, 9.17) is 4.74 Å². The molecule has 0 saturated heterocycles. The summed E-state index contributed by atoms with van der Waals surface area (Å²) < 4.78 is 19.0. The summed E-state index contributed by atoms with van der Waals surface area (Å²) in [7, 11) is 1.51. The summed E-state index contributed by atoms with van der Waals surface area (Å²) in [6.07, 6.45) is 10.3. The Labute approximate surface area is 138 Å². The number of carbonyl (C=O) groups is 1. The van der Waals surface area contributed by atoms with Crippen LogP contribution in [0.5, 0.6) is 5.75 Å². The van der Waals surface area contributed by atoms with Gasteiger partial charge in [0.05, 0.1) is 7.11 Å². The van der Waals surface area contributed by atoms with Crippen LogP contribution in [0.25, 0.3) is 0 Å². The van der Waals surface area contributed by atoms with E-state index in [0.717, 1.165) is 48.9 Å². The van der Waals surface area contributed by atoms with Crippen LogP contribution in [0.3, 0.4) is 0 Å². The van der Waals surface area contributed by atoms with Gasteiger partial charge in [-0.1, -0.05) is 12.5 Å². The predicted molar refractivity (Wildman–Crippen MR) is 89.2 cm³/mol. The van der Waals surface area contributed by atoms with Crippen molar-refractivity contribution in [3.8, 4) is 5.75 Å². The molecule has 0 amide bonds. The molecule has 4 atom stereocenters. The van der Waals surface area contributed by atoms with Crippen LogP contribution in [0.15, 0.2) is 18.2 Å². The maximum Gasteiger partial charge on any atom is 0.165 e. The third kappa shape index (κ3) is 3.76. The second kappa shape index (κ2) is 7.46. The van der Waals surface area contributed by atoms with E-state index in [9.17, 15) is 9.18 Å². The zero-order valence-electron chi connectivity index (χ0n) is 14.0. The lowest BCUT2D eigenvalue weighted by molar-refractivity contribution is -0.108. The molecule has 0 bridgehead atoms. The van der Waals surface area contributed by atoms with Crippen LogP contribution in [-0.4, -0.2) is 13.4 Å². The largest absolute Gasteiger partial charge is 0.494 e. The Morgan fingerprint density at radius 3 is 2.70 bits per heavy atom. The molecule has 3 heteroatoms. The van der Waals surface area contributed by atoms with Gasteiger partial charge in [0.2, 0.25) is 0 Å². The van der Waals surface area contributed by atoms with Crippen molar-refractivity contribution in [1.29, 1.82) is 0 Å². The summed E-state index contributed by atoms with van der Waals surface area (Å²) in [5.41, 5.74) is 1.13. The van der Waals surface area contributed by atoms with Gasteiger partial charge < -0.3 is 9.53 Å². The molecular formula is C20H27FO2. The number of aldehydes is 1. The monoisotopic (exact) mass is 318 g/mol. The SMILES string of the molecule is COc1ccc(C2CC[C@@H]3C[C@H](CCC=O)CC[C@@H]3C2)cc1F. The molecular weight excluding hydrogens is 291 g/mol. The van der Waals surface area contributed by atoms with Crippen molar-refractivity contribution in [2.75, 3.05) is 7.11 Å². The van der Waals surface area contributed by atoms with E-state index in [1.165, 1.54) is 39.2 Å². The molecule has 0 aliphatic heterocycles. The highest BCUT2D eigenvalue weighted by Gasteiger charge is 2.35. The predicted octanol–water partition coefficient (Wildman–Crippen LogP) is 5.11. The molecule has 1 aromatic rings. The Bertz CT molecular complexity index is 542. The van der Waals surface area contributed by atoms with Gasteiger partial charge in [0.1, 0.15) is 6.29 Å². The maximum absolute atomic E-state index is 14.0. The summed E-state index contributed by atoms with van der Waals surface area (Å²) in [6, 6.07) is 5.45. The Kier molecular flexibility index (Phi) is 5.34. The van der Waals surface area contributed by atoms with Crippen molar-refractivity contribution in [1.82, 2.24) is 0 Å². The van der Waals surface area contributed by atoms with Crippen molar-refractivity contribution >= 4 is 6.29 Å². The molecule has 23 heavy (non-hydrogen) atoms. The third-order valence-electron chi connectivity index (χ3n) is 6.06. The average molecular weight is 318 g/mol. The molecule has 0 heterocycles. The van der Waals surface area contributed by atoms with Gasteiger partial charge in [-0.3, -0.25) is 0 Å². The molecule has 0 spiro atoms. The van der Waals surface area contributed by atoms with Gasteiger partial charge in [0.25, 0.3) is 0 Å². The molecule has 2 aliphatic rings. The van der Waals surface area contributed by atoms with Gasteiger partial charge in [-0.05, 0) is 79.9 Å². The summed E-state index contributed by atoms with van der Waals surface area (Å²) >= 11 is 0. The number of ether oxygens (including phenoxy) is 1. The van der Waals surface area contributed by atoms with E-state index in [0.29, 0.717) is 11.7 Å². The van der Waals surface area contributed by atoms with Gasteiger partial charge in [0, 0.05) is 6.42 Å². The first-order valence-electron chi connectivity index (χ1n) is 8.98. The Hall–Kier alpha value is -1.38. The first-order chi connectivity index (χ1) is 11.2. The van der Waals surface area contributed by atoms with Crippen LogP contribution in [0.2, 0.25) is 0 Å². The fourth-order valence-corrected chi connectivity index (χ4v) is 4.79. The van der Waals surface area contributed by atoms with E-state index >= 15 is 0 Å². The Balaban J connectivity index is 1.61. The third-order valence-corrected chi connectivity index (χ3v) is 6.06. The number of rotatable bonds is 5. The van der Waals surface area contributed by atoms with Crippen molar-refractivity contribution in [3.63, 3.8) is 0 Å². The molecule has 2 aliphatic carbocycles. The van der Waals surface area contributed by atoms with Crippen LogP contribution in [0.4, 0.5) is 4.39 Å². The minimum atomic E-state index is -0.246. The fourth-order valence-electron chi connectivity index (χ4n) is 4.79.